The Bertz CT molecular complexity index is 1060. The number of carbonyl (C=O) groups is 1. The molecular weight excluding hydrogens is 342 g/mol. The zero-order valence-electron chi connectivity index (χ0n) is 17.2. The van der Waals surface area contributed by atoms with Crippen LogP contribution in [-0.4, -0.2) is 23.4 Å². The molecule has 144 valence electrons. The van der Waals surface area contributed by atoms with E-state index < -0.39 is 0 Å². The second kappa shape index (κ2) is 6.48. The first kappa shape index (κ1) is 18.7. The van der Waals surface area contributed by atoms with Gasteiger partial charge < -0.3 is 4.90 Å². The largest absolute Gasteiger partial charge is 0.335 e. The van der Waals surface area contributed by atoms with Gasteiger partial charge in [0.15, 0.2) is 0 Å². The molecule has 1 saturated heterocycles. The van der Waals surface area contributed by atoms with Crippen LogP contribution in [0.5, 0.6) is 0 Å². The number of hydrogen-bond acceptors (Lipinski definition) is 1. The lowest BCUT2D eigenvalue weighted by atomic mass is 9.51. The van der Waals surface area contributed by atoms with E-state index in [0.29, 0.717) is 0 Å². The Kier molecular flexibility index (Phi) is 4.33. The normalized spacial score (nSPS) is 25.9. The number of rotatable bonds is 2. The van der Waals surface area contributed by atoms with Crippen LogP contribution in [0.1, 0.15) is 48.7 Å². The molecule has 1 heterocycles. The maximum atomic E-state index is 13.7. The molecule has 0 N–H and O–H groups in total. The summed E-state index contributed by atoms with van der Waals surface area (Å²) in [6.45, 7) is 15.8. The van der Waals surface area contributed by atoms with Gasteiger partial charge in [0.25, 0.3) is 5.91 Å². The molecule has 4 rings (SSSR count). The molecule has 1 fully saturated rings. The topological polar surface area (TPSA) is 20.3 Å². The summed E-state index contributed by atoms with van der Waals surface area (Å²) < 4.78 is 0. The van der Waals surface area contributed by atoms with Gasteiger partial charge in [-0.3, -0.25) is 4.79 Å². The fourth-order valence-corrected chi connectivity index (χ4v) is 5.38. The predicted octanol–water partition coefficient (Wildman–Crippen LogP) is 3.82. The molecule has 2 aromatic rings. The minimum atomic E-state index is -0.000344. The van der Waals surface area contributed by atoms with Crippen molar-refractivity contribution in [2.45, 2.75) is 45.1 Å². The number of allylic oxidation sites excluding steroid dienone is 1. The van der Waals surface area contributed by atoms with Crippen LogP contribution in [0.15, 0.2) is 55.1 Å². The first-order valence-electron chi connectivity index (χ1n) is 10.1. The van der Waals surface area contributed by atoms with Gasteiger partial charge in [0.2, 0.25) is 0 Å². The van der Waals surface area contributed by atoms with Crippen LogP contribution < -0.4 is 10.4 Å². The summed E-state index contributed by atoms with van der Waals surface area (Å²) in [6, 6.07) is 14.8. The zero-order chi connectivity index (χ0) is 20.1. The zero-order valence-corrected chi connectivity index (χ0v) is 17.2. The lowest BCUT2D eigenvalue weighted by Crippen LogP contribution is -2.65. The van der Waals surface area contributed by atoms with Crippen LogP contribution in [0.25, 0.3) is 12.7 Å². The fraction of sp³-hybridized carbons (Fsp3) is 0.346. The van der Waals surface area contributed by atoms with Crippen LogP contribution in [0, 0.1) is 5.41 Å². The van der Waals surface area contributed by atoms with E-state index in [4.69, 9.17) is 0 Å². The van der Waals surface area contributed by atoms with Gasteiger partial charge in [-0.25, -0.2) is 0 Å². The highest BCUT2D eigenvalue weighted by Gasteiger charge is 2.56. The average Bonchev–Trinajstić information content (AvgIpc) is 2.66. The highest BCUT2D eigenvalue weighted by atomic mass is 16.2. The van der Waals surface area contributed by atoms with Gasteiger partial charge in [-0.15, -0.1) is 0 Å². The van der Waals surface area contributed by atoms with Crippen molar-refractivity contribution in [3.63, 3.8) is 0 Å². The number of piperidine rings is 1. The molecule has 0 aromatic heterocycles. The number of benzene rings is 2. The molecule has 1 amide bonds. The van der Waals surface area contributed by atoms with E-state index >= 15 is 0 Å². The molecule has 0 radical (unpaired) electrons. The summed E-state index contributed by atoms with van der Waals surface area (Å²) in [5, 5.41) is 1.74. The summed E-state index contributed by atoms with van der Waals surface area (Å²) in [5.41, 5.74) is 3.65. The molecule has 28 heavy (non-hydrogen) atoms. The van der Waals surface area contributed by atoms with Crippen molar-refractivity contribution >= 4 is 18.6 Å². The standard InChI is InChI=1S/C26H29NO/c1-6-10-20-18(2)11-9-13-21(20)24(28)27-16-15-26(5)22-14-8-7-12-19(22)17-23(27)25(26,3)4/h6-14,23H,1-2,15-17H2,3-5H3/b20-10+/t23-,26+/m1/s1. The Morgan fingerprint density at radius 1 is 1.14 bits per heavy atom. The third-order valence-electron chi connectivity index (χ3n) is 7.48. The third kappa shape index (κ3) is 2.51. The molecule has 1 aliphatic heterocycles. The SMILES string of the molecule is C=C/C=c1/c(C(=O)N2CC[C@@]3(C)c4ccccc4C[C@@H]2C3(C)C)cccc1=C. The Hall–Kier alpha value is -2.61. The van der Waals surface area contributed by atoms with Crippen molar-refractivity contribution in [1.29, 1.82) is 0 Å². The Labute approximate surface area is 167 Å². The van der Waals surface area contributed by atoms with Crippen molar-refractivity contribution < 1.29 is 4.79 Å². The van der Waals surface area contributed by atoms with Crippen molar-refractivity contribution in [2.24, 2.45) is 5.41 Å². The Morgan fingerprint density at radius 2 is 1.89 bits per heavy atom. The molecule has 2 aliphatic rings. The molecule has 0 unspecified atom stereocenters. The van der Waals surface area contributed by atoms with E-state index in [0.717, 1.165) is 35.4 Å². The molecule has 1 aliphatic carbocycles. The lowest BCUT2D eigenvalue weighted by Gasteiger charge is -2.60. The van der Waals surface area contributed by atoms with Crippen LogP contribution >= 0.6 is 0 Å². The summed E-state index contributed by atoms with van der Waals surface area (Å²) >= 11 is 0. The van der Waals surface area contributed by atoms with Gasteiger partial charge in [-0.1, -0.05) is 82.5 Å². The summed E-state index contributed by atoms with van der Waals surface area (Å²) in [7, 11) is 0. The predicted molar refractivity (Wildman–Crippen MR) is 117 cm³/mol. The second-order valence-electron chi connectivity index (χ2n) is 8.96. The van der Waals surface area contributed by atoms with Gasteiger partial charge in [-0.2, -0.15) is 0 Å². The number of carbonyl (C=O) groups excluding carboxylic acids is 1. The Balaban J connectivity index is 1.82. The molecule has 2 atom stereocenters. The smallest absolute Gasteiger partial charge is 0.254 e. The number of amides is 1. The summed E-state index contributed by atoms with van der Waals surface area (Å²) in [5.74, 6) is 0.109. The summed E-state index contributed by atoms with van der Waals surface area (Å²) in [6.07, 6.45) is 5.51. The molecule has 2 nitrogen and oxygen atoms in total. The number of hydrogen-bond donors (Lipinski definition) is 0. The van der Waals surface area contributed by atoms with Crippen LogP contribution in [-0.2, 0) is 11.8 Å². The minimum absolute atomic E-state index is 0.000344. The number of likely N-dealkylation sites (tertiary alicyclic amines) is 1. The second-order valence-corrected chi connectivity index (χ2v) is 8.96. The molecular formula is C26H29NO. The molecule has 2 bridgehead atoms. The van der Waals surface area contributed by atoms with E-state index in [1.807, 2.05) is 24.3 Å². The monoisotopic (exact) mass is 371 g/mol. The molecule has 2 heteroatoms. The molecule has 2 aromatic carbocycles. The minimum Gasteiger partial charge on any atom is -0.335 e. The number of nitrogens with zero attached hydrogens (tertiary/aromatic N) is 1. The lowest BCUT2D eigenvalue weighted by molar-refractivity contribution is -0.0262. The van der Waals surface area contributed by atoms with E-state index in [9.17, 15) is 4.79 Å². The van der Waals surface area contributed by atoms with Crippen LogP contribution in [0.2, 0.25) is 0 Å². The van der Waals surface area contributed by atoms with Crippen LogP contribution in [0.4, 0.5) is 0 Å². The summed E-state index contributed by atoms with van der Waals surface area (Å²) in [4.78, 5) is 15.8. The van der Waals surface area contributed by atoms with E-state index in [2.05, 4.69) is 63.1 Å². The quantitative estimate of drug-likeness (QED) is 0.786. The molecule has 0 saturated carbocycles. The van der Waals surface area contributed by atoms with Crippen molar-refractivity contribution in [3.05, 3.63) is 82.2 Å². The number of fused-ring (bicyclic) bond motifs is 4. The molecule has 0 spiro atoms. The first-order valence-corrected chi connectivity index (χ1v) is 10.1. The first-order chi connectivity index (χ1) is 13.3. The third-order valence-corrected chi connectivity index (χ3v) is 7.48. The van der Waals surface area contributed by atoms with Gasteiger partial charge in [0.05, 0.1) is 0 Å². The Morgan fingerprint density at radius 3 is 2.64 bits per heavy atom. The highest BCUT2D eigenvalue weighted by Crippen LogP contribution is 2.56. The maximum absolute atomic E-state index is 13.7. The fourth-order valence-electron chi connectivity index (χ4n) is 5.38. The van der Waals surface area contributed by atoms with Crippen molar-refractivity contribution in [3.8, 4) is 0 Å². The van der Waals surface area contributed by atoms with E-state index in [-0.39, 0.29) is 22.8 Å². The van der Waals surface area contributed by atoms with Crippen molar-refractivity contribution in [2.75, 3.05) is 6.54 Å². The van der Waals surface area contributed by atoms with Gasteiger partial charge in [0, 0.05) is 23.6 Å². The van der Waals surface area contributed by atoms with Crippen molar-refractivity contribution in [1.82, 2.24) is 4.90 Å². The van der Waals surface area contributed by atoms with Gasteiger partial charge in [-0.05, 0) is 45.9 Å². The maximum Gasteiger partial charge on any atom is 0.254 e. The average molecular weight is 372 g/mol. The van der Waals surface area contributed by atoms with E-state index in [1.165, 1.54) is 11.1 Å². The van der Waals surface area contributed by atoms with Gasteiger partial charge >= 0.3 is 0 Å². The van der Waals surface area contributed by atoms with Crippen LogP contribution in [0.3, 0.4) is 0 Å². The van der Waals surface area contributed by atoms with Gasteiger partial charge in [0.1, 0.15) is 0 Å². The van der Waals surface area contributed by atoms with E-state index in [1.54, 1.807) is 6.08 Å². The highest BCUT2D eigenvalue weighted by molar-refractivity contribution is 5.95.